The smallest absolute Gasteiger partial charge is 0.107 e. The first-order chi connectivity index (χ1) is 6.92. The van der Waals surface area contributed by atoms with Crippen molar-refractivity contribution < 1.29 is 4.42 Å². The summed E-state index contributed by atoms with van der Waals surface area (Å²) in [6.45, 7) is 1.12. The molecule has 2 rings (SSSR count). The predicted molar refractivity (Wildman–Crippen MR) is 57.3 cm³/mol. The number of rotatable bonds is 3. The first-order valence-corrected chi connectivity index (χ1v) is 5.60. The van der Waals surface area contributed by atoms with E-state index in [1.54, 1.807) is 6.26 Å². The van der Waals surface area contributed by atoms with Crippen LogP contribution in [0, 0.1) is 5.92 Å². The van der Waals surface area contributed by atoms with Crippen LogP contribution in [0.15, 0.2) is 22.8 Å². The van der Waals surface area contributed by atoms with Gasteiger partial charge in [0, 0.05) is 5.92 Å². The van der Waals surface area contributed by atoms with E-state index in [1.165, 1.54) is 31.4 Å². The number of hydrogen-bond acceptors (Lipinski definition) is 2. The van der Waals surface area contributed by atoms with Crippen LogP contribution in [0.4, 0.5) is 0 Å². The summed E-state index contributed by atoms with van der Waals surface area (Å²) in [5.41, 5.74) is 0. The van der Waals surface area contributed by atoms with Crippen molar-refractivity contribution in [1.29, 1.82) is 0 Å². The maximum atomic E-state index is 5.52. The lowest BCUT2D eigenvalue weighted by Gasteiger charge is -2.29. The second-order valence-corrected chi connectivity index (χ2v) is 4.22. The minimum absolute atomic E-state index is 0.645. The van der Waals surface area contributed by atoms with Crippen LogP contribution >= 0.6 is 0 Å². The van der Waals surface area contributed by atoms with Crippen molar-refractivity contribution in [1.82, 2.24) is 5.32 Å². The summed E-state index contributed by atoms with van der Waals surface area (Å²) < 4.78 is 5.52. The Bertz CT molecular complexity index is 253. The first kappa shape index (κ1) is 9.78. The zero-order chi connectivity index (χ0) is 9.80. The Morgan fingerprint density at radius 3 is 3.00 bits per heavy atom. The van der Waals surface area contributed by atoms with Gasteiger partial charge in [0.25, 0.3) is 0 Å². The maximum absolute atomic E-state index is 5.52. The molecule has 2 nitrogen and oxygen atoms in total. The molecule has 1 saturated carbocycles. The first-order valence-electron chi connectivity index (χ1n) is 5.60. The van der Waals surface area contributed by atoms with Crippen molar-refractivity contribution in [3.63, 3.8) is 0 Å². The molecule has 1 aliphatic rings. The molecule has 1 aromatic rings. The average Bonchev–Trinajstić information content (AvgIpc) is 2.72. The molecule has 0 amide bonds. The van der Waals surface area contributed by atoms with Crippen LogP contribution in [0.3, 0.4) is 0 Å². The Morgan fingerprint density at radius 1 is 1.43 bits per heavy atom. The summed E-state index contributed by atoms with van der Waals surface area (Å²) in [6, 6.07) is 4.12. The van der Waals surface area contributed by atoms with E-state index in [9.17, 15) is 0 Å². The summed E-state index contributed by atoms with van der Waals surface area (Å²) in [5.74, 6) is 2.59. The third-order valence-corrected chi connectivity index (χ3v) is 3.28. The maximum Gasteiger partial charge on any atom is 0.107 e. The second kappa shape index (κ2) is 4.65. The Balaban J connectivity index is 2.06. The van der Waals surface area contributed by atoms with Crippen LogP contribution in [0.5, 0.6) is 0 Å². The van der Waals surface area contributed by atoms with Crippen LogP contribution in [0.2, 0.25) is 0 Å². The van der Waals surface area contributed by atoms with Gasteiger partial charge in [0.15, 0.2) is 0 Å². The molecule has 0 radical (unpaired) electrons. The molecule has 2 atom stereocenters. The molecule has 2 heteroatoms. The van der Waals surface area contributed by atoms with Gasteiger partial charge < -0.3 is 9.73 Å². The van der Waals surface area contributed by atoms with Gasteiger partial charge in [-0.3, -0.25) is 0 Å². The molecular formula is C12H19NO. The summed E-state index contributed by atoms with van der Waals surface area (Å²) >= 11 is 0. The highest BCUT2D eigenvalue weighted by atomic mass is 16.3. The summed E-state index contributed by atoms with van der Waals surface area (Å²) in [6.07, 6.45) is 7.15. The molecule has 0 spiro atoms. The fraction of sp³-hybridized carbons (Fsp3) is 0.667. The van der Waals surface area contributed by atoms with Crippen molar-refractivity contribution in [2.75, 3.05) is 13.6 Å². The topological polar surface area (TPSA) is 25.2 Å². The fourth-order valence-corrected chi connectivity index (χ4v) is 2.59. The van der Waals surface area contributed by atoms with Gasteiger partial charge in [0.1, 0.15) is 5.76 Å². The molecule has 1 aromatic heterocycles. The quantitative estimate of drug-likeness (QED) is 0.798. The average molecular weight is 193 g/mol. The van der Waals surface area contributed by atoms with Gasteiger partial charge in [-0.25, -0.2) is 0 Å². The molecule has 1 fully saturated rings. The van der Waals surface area contributed by atoms with Crippen molar-refractivity contribution in [3.8, 4) is 0 Å². The molecule has 78 valence electrons. The summed E-state index contributed by atoms with van der Waals surface area (Å²) in [7, 11) is 2.04. The van der Waals surface area contributed by atoms with E-state index in [0.29, 0.717) is 5.92 Å². The van der Waals surface area contributed by atoms with Gasteiger partial charge in [0.2, 0.25) is 0 Å². The monoisotopic (exact) mass is 193 g/mol. The molecule has 1 heterocycles. The molecule has 0 aliphatic heterocycles. The molecular weight excluding hydrogens is 174 g/mol. The molecule has 2 unspecified atom stereocenters. The van der Waals surface area contributed by atoms with Gasteiger partial charge >= 0.3 is 0 Å². The minimum atomic E-state index is 0.645. The van der Waals surface area contributed by atoms with Crippen molar-refractivity contribution in [3.05, 3.63) is 24.2 Å². The Hall–Kier alpha value is -0.760. The molecule has 1 N–H and O–H groups in total. The number of hydrogen-bond donors (Lipinski definition) is 1. The fourth-order valence-electron chi connectivity index (χ4n) is 2.59. The van der Waals surface area contributed by atoms with Crippen molar-refractivity contribution in [2.45, 2.75) is 31.6 Å². The molecule has 1 aliphatic carbocycles. The Morgan fingerprint density at radius 2 is 2.29 bits per heavy atom. The van der Waals surface area contributed by atoms with Gasteiger partial charge in [-0.1, -0.05) is 12.8 Å². The second-order valence-electron chi connectivity index (χ2n) is 4.22. The lowest BCUT2D eigenvalue weighted by atomic mass is 9.78. The zero-order valence-electron chi connectivity index (χ0n) is 8.83. The highest BCUT2D eigenvalue weighted by molar-refractivity contribution is 5.08. The van der Waals surface area contributed by atoms with Crippen LogP contribution in [-0.4, -0.2) is 13.6 Å². The molecule has 0 aromatic carbocycles. The van der Waals surface area contributed by atoms with E-state index in [0.717, 1.165) is 12.5 Å². The van der Waals surface area contributed by atoms with Crippen LogP contribution < -0.4 is 5.32 Å². The van der Waals surface area contributed by atoms with Crippen LogP contribution in [0.25, 0.3) is 0 Å². The highest BCUT2D eigenvalue weighted by Gasteiger charge is 2.27. The van der Waals surface area contributed by atoms with Crippen molar-refractivity contribution in [2.24, 2.45) is 5.92 Å². The van der Waals surface area contributed by atoms with E-state index in [-0.39, 0.29) is 0 Å². The third kappa shape index (κ3) is 2.01. The standard InChI is InChI=1S/C12H19NO/c1-13-9-10-5-2-3-6-11(10)12-7-4-8-14-12/h4,7-8,10-11,13H,2-3,5-6,9H2,1H3. The van der Waals surface area contributed by atoms with Crippen LogP contribution in [-0.2, 0) is 0 Å². The summed E-state index contributed by atoms with van der Waals surface area (Å²) in [5, 5.41) is 3.29. The van der Waals surface area contributed by atoms with E-state index >= 15 is 0 Å². The van der Waals surface area contributed by atoms with Crippen LogP contribution in [0.1, 0.15) is 37.4 Å². The normalized spacial score (nSPS) is 27.8. The highest BCUT2D eigenvalue weighted by Crippen LogP contribution is 2.37. The van der Waals surface area contributed by atoms with Gasteiger partial charge in [-0.05, 0) is 44.5 Å². The van der Waals surface area contributed by atoms with E-state index < -0.39 is 0 Å². The van der Waals surface area contributed by atoms with E-state index in [2.05, 4.69) is 11.4 Å². The minimum Gasteiger partial charge on any atom is -0.469 e. The summed E-state index contributed by atoms with van der Waals surface area (Å²) in [4.78, 5) is 0. The Kier molecular flexibility index (Phi) is 3.25. The van der Waals surface area contributed by atoms with Gasteiger partial charge in [-0.15, -0.1) is 0 Å². The molecule has 14 heavy (non-hydrogen) atoms. The van der Waals surface area contributed by atoms with Gasteiger partial charge in [0.05, 0.1) is 6.26 Å². The lowest BCUT2D eigenvalue weighted by molar-refractivity contribution is 0.268. The lowest BCUT2D eigenvalue weighted by Crippen LogP contribution is -2.27. The third-order valence-electron chi connectivity index (χ3n) is 3.28. The SMILES string of the molecule is CNCC1CCCCC1c1ccco1. The largest absolute Gasteiger partial charge is 0.469 e. The molecule has 0 saturated heterocycles. The van der Waals surface area contributed by atoms with Gasteiger partial charge in [-0.2, -0.15) is 0 Å². The Labute approximate surface area is 85.7 Å². The molecule has 0 bridgehead atoms. The van der Waals surface area contributed by atoms with Crippen molar-refractivity contribution >= 4 is 0 Å². The number of nitrogens with one attached hydrogen (secondary N) is 1. The zero-order valence-corrected chi connectivity index (χ0v) is 8.83. The van der Waals surface area contributed by atoms with E-state index in [1.807, 2.05) is 13.1 Å². The van der Waals surface area contributed by atoms with E-state index in [4.69, 9.17) is 4.42 Å². The number of furan rings is 1. The predicted octanol–water partition coefficient (Wildman–Crippen LogP) is 2.77.